The predicted molar refractivity (Wildman–Crippen MR) is 37.7 cm³/mol. The van der Waals surface area contributed by atoms with Crippen molar-refractivity contribution in [3.8, 4) is 6.19 Å². The van der Waals surface area contributed by atoms with Crippen LogP contribution in [0.1, 0.15) is 13.8 Å². The van der Waals surface area contributed by atoms with Gasteiger partial charge in [-0.1, -0.05) is 12.2 Å². The maximum atomic E-state index is 8.41. The average molecular weight is 124 g/mol. The van der Waals surface area contributed by atoms with Crippen LogP contribution in [-0.2, 0) is 0 Å². The molecule has 0 fully saturated rings. The van der Waals surface area contributed by atoms with Gasteiger partial charge in [0.05, 0.1) is 0 Å². The van der Waals surface area contributed by atoms with E-state index < -0.39 is 0 Å². The molecule has 0 amide bonds. The van der Waals surface area contributed by atoms with Crippen molar-refractivity contribution in [2.45, 2.75) is 13.8 Å². The highest BCUT2D eigenvalue weighted by Gasteiger charge is 1.94. The zero-order valence-electron chi connectivity index (χ0n) is 6.02. The molecule has 0 aliphatic heterocycles. The van der Waals surface area contributed by atoms with Gasteiger partial charge in [-0.3, -0.25) is 0 Å². The molecule has 0 aromatic carbocycles. The molecule has 0 aliphatic carbocycles. The summed E-state index contributed by atoms with van der Waals surface area (Å²) in [6.07, 6.45) is 2.06. The first-order valence-electron chi connectivity index (χ1n) is 2.99. The smallest absolute Gasteiger partial charge is 0.179 e. The topological polar surface area (TPSA) is 27.0 Å². The maximum absolute atomic E-state index is 8.41. The summed E-state index contributed by atoms with van der Waals surface area (Å²) in [5.41, 5.74) is 1.03. The minimum absolute atomic E-state index is 0.688. The normalized spacial score (nSPS) is 8.11. The van der Waals surface area contributed by atoms with Crippen LogP contribution in [0.5, 0.6) is 0 Å². The van der Waals surface area contributed by atoms with Crippen molar-refractivity contribution in [2.24, 2.45) is 0 Å². The molecule has 0 aliphatic rings. The molecule has 0 N–H and O–H groups in total. The first-order valence-corrected chi connectivity index (χ1v) is 2.99. The fourth-order valence-electron chi connectivity index (χ4n) is 0.544. The average Bonchev–Trinajstić information content (AvgIpc) is 1.82. The molecule has 50 valence electrons. The zero-order valence-corrected chi connectivity index (χ0v) is 6.02. The van der Waals surface area contributed by atoms with Crippen molar-refractivity contribution in [3.63, 3.8) is 0 Å². The summed E-state index contributed by atoms with van der Waals surface area (Å²) < 4.78 is 0. The van der Waals surface area contributed by atoms with E-state index in [9.17, 15) is 0 Å². The SMILES string of the molecule is C=C(C)CN(C#N)CC. The molecule has 0 bridgehead atoms. The van der Waals surface area contributed by atoms with Crippen LogP contribution in [0, 0.1) is 11.5 Å². The fraction of sp³-hybridized carbons (Fsp3) is 0.571. The number of likely N-dealkylation sites (N-methyl/N-ethyl adjacent to an activating group) is 1. The Morgan fingerprint density at radius 1 is 1.78 bits per heavy atom. The molecule has 0 aromatic rings. The summed E-state index contributed by atoms with van der Waals surface area (Å²) in [5, 5.41) is 8.41. The second-order valence-corrected chi connectivity index (χ2v) is 2.07. The summed E-state index contributed by atoms with van der Waals surface area (Å²) in [5.74, 6) is 0. The van der Waals surface area contributed by atoms with Crippen molar-refractivity contribution >= 4 is 0 Å². The van der Waals surface area contributed by atoms with E-state index in [2.05, 4.69) is 12.8 Å². The number of rotatable bonds is 3. The van der Waals surface area contributed by atoms with E-state index in [1.165, 1.54) is 0 Å². The Kier molecular flexibility index (Phi) is 3.54. The Morgan fingerprint density at radius 3 is 2.44 bits per heavy atom. The van der Waals surface area contributed by atoms with E-state index in [4.69, 9.17) is 5.26 Å². The van der Waals surface area contributed by atoms with Gasteiger partial charge >= 0.3 is 0 Å². The number of hydrogen-bond acceptors (Lipinski definition) is 2. The van der Waals surface area contributed by atoms with Crippen LogP contribution in [0.2, 0.25) is 0 Å². The van der Waals surface area contributed by atoms with Gasteiger partial charge in [0.2, 0.25) is 0 Å². The van der Waals surface area contributed by atoms with Crippen molar-refractivity contribution in [1.29, 1.82) is 5.26 Å². The summed E-state index contributed by atoms with van der Waals surface area (Å²) in [4.78, 5) is 1.66. The molecule has 0 atom stereocenters. The third-order valence-electron chi connectivity index (χ3n) is 0.984. The van der Waals surface area contributed by atoms with Gasteiger partial charge in [0.1, 0.15) is 0 Å². The van der Waals surface area contributed by atoms with E-state index in [0.717, 1.165) is 12.1 Å². The van der Waals surface area contributed by atoms with E-state index in [1.54, 1.807) is 4.90 Å². The number of nitriles is 1. The van der Waals surface area contributed by atoms with Crippen molar-refractivity contribution in [3.05, 3.63) is 12.2 Å². The minimum Gasteiger partial charge on any atom is -0.307 e. The monoisotopic (exact) mass is 124 g/mol. The Morgan fingerprint density at radius 2 is 2.33 bits per heavy atom. The highest BCUT2D eigenvalue weighted by Crippen LogP contribution is 1.91. The van der Waals surface area contributed by atoms with Crippen LogP contribution < -0.4 is 0 Å². The minimum atomic E-state index is 0.688. The first-order chi connectivity index (χ1) is 4.20. The van der Waals surface area contributed by atoms with Crippen molar-refractivity contribution in [1.82, 2.24) is 4.90 Å². The highest BCUT2D eigenvalue weighted by atomic mass is 15.1. The molecular weight excluding hydrogens is 112 g/mol. The first kappa shape index (κ1) is 8.03. The number of hydrogen-bond donors (Lipinski definition) is 0. The summed E-state index contributed by atoms with van der Waals surface area (Å²) >= 11 is 0. The molecule has 0 unspecified atom stereocenters. The van der Waals surface area contributed by atoms with Crippen LogP contribution in [0.4, 0.5) is 0 Å². The largest absolute Gasteiger partial charge is 0.307 e. The molecule has 0 radical (unpaired) electrons. The van der Waals surface area contributed by atoms with Gasteiger partial charge in [0.25, 0.3) is 0 Å². The van der Waals surface area contributed by atoms with Crippen LogP contribution >= 0.6 is 0 Å². The van der Waals surface area contributed by atoms with Gasteiger partial charge in [-0.2, -0.15) is 5.26 Å². The van der Waals surface area contributed by atoms with Gasteiger partial charge in [-0.25, -0.2) is 0 Å². The van der Waals surface area contributed by atoms with E-state index in [1.807, 2.05) is 13.8 Å². The summed E-state index contributed by atoms with van der Waals surface area (Å²) in [7, 11) is 0. The predicted octanol–water partition coefficient (Wildman–Crippen LogP) is 1.37. The summed E-state index contributed by atoms with van der Waals surface area (Å²) in [6.45, 7) is 9.02. The third-order valence-corrected chi connectivity index (χ3v) is 0.984. The lowest BCUT2D eigenvalue weighted by Gasteiger charge is -2.10. The fourth-order valence-corrected chi connectivity index (χ4v) is 0.544. The Hall–Kier alpha value is -0.970. The lowest BCUT2D eigenvalue weighted by atomic mass is 10.3. The van der Waals surface area contributed by atoms with Crippen molar-refractivity contribution in [2.75, 3.05) is 13.1 Å². The quantitative estimate of drug-likeness (QED) is 0.323. The standard InChI is InChI=1S/C7H12N2/c1-4-9(6-8)5-7(2)3/h2,4-5H2,1,3H3. The third kappa shape index (κ3) is 3.60. The molecule has 0 saturated carbocycles. The van der Waals surface area contributed by atoms with Gasteiger partial charge in [-0.15, -0.1) is 0 Å². The Bertz CT molecular complexity index is 132. The molecule has 2 nitrogen and oxygen atoms in total. The maximum Gasteiger partial charge on any atom is 0.179 e. The molecular formula is C7H12N2. The van der Waals surface area contributed by atoms with Crippen LogP contribution in [-0.4, -0.2) is 18.0 Å². The van der Waals surface area contributed by atoms with Gasteiger partial charge in [0.15, 0.2) is 6.19 Å². The zero-order chi connectivity index (χ0) is 7.28. The van der Waals surface area contributed by atoms with Gasteiger partial charge in [0, 0.05) is 13.1 Å². The molecule has 2 heteroatoms. The molecule has 9 heavy (non-hydrogen) atoms. The van der Waals surface area contributed by atoms with Crippen LogP contribution in [0.25, 0.3) is 0 Å². The molecule has 0 saturated heterocycles. The van der Waals surface area contributed by atoms with Crippen molar-refractivity contribution < 1.29 is 0 Å². The second-order valence-electron chi connectivity index (χ2n) is 2.07. The molecule has 0 spiro atoms. The van der Waals surface area contributed by atoms with Crippen LogP contribution in [0.3, 0.4) is 0 Å². The van der Waals surface area contributed by atoms with Gasteiger partial charge < -0.3 is 4.90 Å². The molecule has 0 aromatic heterocycles. The lowest BCUT2D eigenvalue weighted by Crippen LogP contribution is -2.18. The van der Waals surface area contributed by atoms with Gasteiger partial charge in [-0.05, 0) is 13.8 Å². The molecule has 0 heterocycles. The Labute approximate surface area is 56.4 Å². The lowest BCUT2D eigenvalue weighted by molar-refractivity contribution is 0.448. The van der Waals surface area contributed by atoms with E-state index in [-0.39, 0.29) is 0 Å². The summed E-state index contributed by atoms with van der Waals surface area (Å²) in [6, 6.07) is 0. The molecule has 0 rings (SSSR count). The number of nitrogens with zero attached hydrogens (tertiary/aromatic N) is 2. The Balaban J connectivity index is 3.60. The van der Waals surface area contributed by atoms with E-state index >= 15 is 0 Å². The van der Waals surface area contributed by atoms with Crippen LogP contribution in [0.15, 0.2) is 12.2 Å². The second kappa shape index (κ2) is 3.96. The van der Waals surface area contributed by atoms with E-state index in [0.29, 0.717) is 6.54 Å². The highest BCUT2D eigenvalue weighted by molar-refractivity contribution is 4.94.